The van der Waals surface area contributed by atoms with E-state index in [1.54, 1.807) is 11.8 Å². The first-order valence-electron chi connectivity index (χ1n) is 12.3. The van der Waals surface area contributed by atoms with E-state index in [2.05, 4.69) is 10.3 Å². The lowest BCUT2D eigenvalue weighted by molar-refractivity contribution is -0.146. The third-order valence-electron chi connectivity index (χ3n) is 7.32. The molecule has 0 aromatic carbocycles. The maximum absolute atomic E-state index is 13.8. The van der Waals surface area contributed by atoms with Gasteiger partial charge in [-0.05, 0) is 50.2 Å². The number of esters is 1. The fourth-order valence-electron chi connectivity index (χ4n) is 5.34. The molecule has 190 valence electrons. The number of nitrogens with one attached hydrogen (secondary N) is 1. The van der Waals surface area contributed by atoms with Gasteiger partial charge in [-0.25, -0.2) is 0 Å². The second kappa shape index (κ2) is 10.6. The van der Waals surface area contributed by atoms with E-state index in [4.69, 9.17) is 4.74 Å². The summed E-state index contributed by atoms with van der Waals surface area (Å²) in [5.41, 5.74) is -0.315. The normalized spacial score (nSPS) is 23.6. The number of pyridine rings is 1. The zero-order valence-corrected chi connectivity index (χ0v) is 20.5. The lowest BCUT2D eigenvalue weighted by Gasteiger charge is -2.39. The van der Waals surface area contributed by atoms with Crippen molar-refractivity contribution in [2.45, 2.75) is 91.0 Å². The van der Waals surface area contributed by atoms with Crippen molar-refractivity contribution in [2.24, 2.45) is 11.3 Å². The lowest BCUT2D eigenvalue weighted by Crippen LogP contribution is -2.49. The molecule has 3 atom stereocenters. The summed E-state index contributed by atoms with van der Waals surface area (Å²) < 4.78 is 44.7. The maximum atomic E-state index is 13.8. The highest BCUT2D eigenvalue weighted by Crippen LogP contribution is 2.46. The van der Waals surface area contributed by atoms with E-state index < -0.39 is 23.2 Å². The summed E-state index contributed by atoms with van der Waals surface area (Å²) in [7, 11) is 0. The fourth-order valence-corrected chi connectivity index (χ4v) is 5.34. The van der Waals surface area contributed by atoms with Gasteiger partial charge in [-0.1, -0.05) is 27.2 Å². The molecular formula is C25H36F3N3O3. The number of rotatable bonds is 8. The number of carbonyl (C=O) groups excluding carboxylic acids is 2. The van der Waals surface area contributed by atoms with Crippen LogP contribution >= 0.6 is 0 Å². The van der Waals surface area contributed by atoms with Gasteiger partial charge in [-0.3, -0.25) is 14.6 Å². The Labute approximate surface area is 199 Å². The molecule has 2 aliphatic rings. The average Bonchev–Trinajstić information content (AvgIpc) is 3.22. The van der Waals surface area contributed by atoms with Gasteiger partial charge < -0.3 is 15.0 Å². The molecule has 1 fully saturated rings. The van der Waals surface area contributed by atoms with Crippen LogP contribution in [0.25, 0.3) is 0 Å². The predicted molar refractivity (Wildman–Crippen MR) is 122 cm³/mol. The molecule has 1 saturated carbocycles. The van der Waals surface area contributed by atoms with Gasteiger partial charge in [0.25, 0.3) is 0 Å². The van der Waals surface area contributed by atoms with Crippen LogP contribution in [0.5, 0.6) is 0 Å². The molecule has 9 heteroatoms. The molecule has 0 radical (unpaired) electrons. The van der Waals surface area contributed by atoms with Crippen LogP contribution < -0.4 is 5.32 Å². The number of hydrogen-bond acceptors (Lipinski definition) is 5. The first-order valence-corrected chi connectivity index (χ1v) is 12.3. The van der Waals surface area contributed by atoms with Gasteiger partial charge >= 0.3 is 12.1 Å². The number of amides is 1. The average molecular weight is 484 g/mol. The Morgan fingerprint density at radius 1 is 1.32 bits per heavy atom. The number of halogens is 3. The second-order valence-electron chi connectivity index (χ2n) is 9.81. The van der Waals surface area contributed by atoms with Gasteiger partial charge in [0.05, 0.1) is 17.6 Å². The predicted octanol–water partition coefficient (Wildman–Crippen LogP) is 4.50. The third-order valence-corrected chi connectivity index (χ3v) is 7.32. The molecule has 0 bridgehead atoms. The van der Waals surface area contributed by atoms with Crippen LogP contribution in [0.4, 0.5) is 13.2 Å². The summed E-state index contributed by atoms with van der Waals surface area (Å²) in [4.78, 5) is 31.9. The number of nitrogens with zero attached hydrogens (tertiary/aromatic N) is 2. The number of aromatic nitrogens is 1. The Morgan fingerprint density at radius 2 is 2.06 bits per heavy atom. The molecule has 1 aromatic rings. The van der Waals surface area contributed by atoms with Crippen molar-refractivity contribution in [1.82, 2.24) is 15.2 Å². The fraction of sp³-hybridized carbons (Fsp3) is 0.720. The monoisotopic (exact) mass is 483 g/mol. The molecule has 1 aromatic heterocycles. The molecule has 6 nitrogen and oxygen atoms in total. The zero-order valence-electron chi connectivity index (χ0n) is 20.5. The first kappa shape index (κ1) is 26.4. The largest absolute Gasteiger partial charge is 0.465 e. The van der Waals surface area contributed by atoms with Crippen molar-refractivity contribution in [3.63, 3.8) is 0 Å². The van der Waals surface area contributed by atoms with Crippen molar-refractivity contribution in [2.75, 3.05) is 13.2 Å². The zero-order chi connectivity index (χ0) is 25.1. The van der Waals surface area contributed by atoms with Crippen molar-refractivity contribution < 1.29 is 27.5 Å². The third kappa shape index (κ3) is 5.56. The van der Waals surface area contributed by atoms with Crippen LogP contribution in [0.15, 0.2) is 12.3 Å². The molecule has 1 aliphatic carbocycles. The Bertz CT molecular complexity index is 890. The number of hydrogen-bond donors (Lipinski definition) is 1. The van der Waals surface area contributed by atoms with E-state index in [0.29, 0.717) is 50.1 Å². The molecule has 0 spiro atoms. The maximum Gasteiger partial charge on any atom is 0.417 e. The van der Waals surface area contributed by atoms with E-state index in [0.717, 1.165) is 25.1 Å². The molecule has 1 unspecified atom stereocenters. The second-order valence-corrected chi connectivity index (χ2v) is 9.81. The van der Waals surface area contributed by atoms with E-state index in [-0.39, 0.29) is 30.4 Å². The van der Waals surface area contributed by atoms with Crippen LogP contribution in [0, 0.1) is 11.3 Å². The molecule has 1 amide bonds. The smallest absolute Gasteiger partial charge is 0.417 e. The van der Waals surface area contributed by atoms with Crippen LogP contribution in [0.1, 0.15) is 76.6 Å². The van der Waals surface area contributed by atoms with Gasteiger partial charge in [-0.2, -0.15) is 13.2 Å². The van der Waals surface area contributed by atoms with Crippen molar-refractivity contribution in [3.8, 4) is 0 Å². The van der Waals surface area contributed by atoms with Crippen LogP contribution in [-0.2, 0) is 33.5 Å². The number of fused-ring (bicyclic) bond motifs is 1. The SMILES string of the molecule is CCCC(N[C@@H]1CC[C@@](C(=O)N2CCc3ncc(C(F)(F)F)cc3C2)(C(C)C)C1)C(=O)OCC. The minimum atomic E-state index is -4.47. The molecule has 2 heterocycles. The molecule has 34 heavy (non-hydrogen) atoms. The van der Waals surface area contributed by atoms with Crippen molar-refractivity contribution in [3.05, 3.63) is 29.1 Å². The summed E-state index contributed by atoms with van der Waals surface area (Å²) >= 11 is 0. The van der Waals surface area contributed by atoms with Gasteiger partial charge in [0.15, 0.2) is 0 Å². The van der Waals surface area contributed by atoms with E-state index in [1.807, 2.05) is 20.8 Å². The number of alkyl halides is 3. The quantitative estimate of drug-likeness (QED) is 0.552. The van der Waals surface area contributed by atoms with Gasteiger partial charge in [0.1, 0.15) is 6.04 Å². The molecule has 1 aliphatic heterocycles. The highest BCUT2D eigenvalue weighted by atomic mass is 19.4. The number of ether oxygens (including phenoxy) is 1. The van der Waals surface area contributed by atoms with E-state index >= 15 is 0 Å². The molecule has 1 N–H and O–H groups in total. The molecule has 0 saturated heterocycles. The minimum Gasteiger partial charge on any atom is -0.465 e. The van der Waals surface area contributed by atoms with Gasteiger partial charge in [0, 0.05) is 37.4 Å². The minimum absolute atomic E-state index is 0.00267. The topological polar surface area (TPSA) is 71.5 Å². The lowest BCUT2D eigenvalue weighted by atomic mass is 9.74. The Kier molecular flexibility index (Phi) is 8.26. The first-order chi connectivity index (χ1) is 16.0. The van der Waals surface area contributed by atoms with Gasteiger partial charge in [-0.15, -0.1) is 0 Å². The van der Waals surface area contributed by atoms with Crippen LogP contribution in [0.3, 0.4) is 0 Å². The highest BCUT2D eigenvalue weighted by molar-refractivity contribution is 5.84. The highest BCUT2D eigenvalue weighted by Gasteiger charge is 2.50. The summed E-state index contributed by atoms with van der Waals surface area (Å²) in [6, 6.07) is 0.724. The molecule has 3 rings (SSSR count). The summed E-state index contributed by atoms with van der Waals surface area (Å²) in [5, 5.41) is 3.43. The van der Waals surface area contributed by atoms with Crippen molar-refractivity contribution >= 4 is 11.9 Å². The molecular weight excluding hydrogens is 447 g/mol. The van der Waals surface area contributed by atoms with Gasteiger partial charge in [0.2, 0.25) is 5.91 Å². The standard InChI is InChI=1S/C25H36F3N3O3/c1-5-7-21(22(32)34-6-2)30-19-8-10-24(13-19,16(3)4)23(33)31-11-9-20-17(15-31)12-18(14-29-20)25(26,27)28/h12,14,16,19,21,30H,5-11,13,15H2,1-4H3/t19-,21?,24+/m1/s1. The Balaban J connectivity index is 1.75. The van der Waals surface area contributed by atoms with E-state index in [1.165, 1.54) is 0 Å². The summed E-state index contributed by atoms with van der Waals surface area (Å²) in [6.45, 7) is 8.74. The van der Waals surface area contributed by atoms with E-state index in [9.17, 15) is 22.8 Å². The Hall–Kier alpha value is -2.16. The van der Waals surface area contributed by atoms with Crippen LogP contribution in [-0.4, -0.2) is 47.0 Å². The number of carbonyl (C=O) groups is 2. The van der Waals surface area contributed by atoms with Crippen molar-refractivity contribution in [1.29, 1.82) is 0 Å². The van der Waals surface area contributed by atoms with Crippen LogP contribution in [0.2, 0.25) is 0 Å². The summed E-state index contributed by atoms with van der Waals surface area (Å²) in [6.07, 6.45) is 0.361. The summed E-state index contributed by atoms with van der Waals surface area (Å²) in [5.74, 6) is -0.226. The Morgan fingerprint density at radius 3 is 2.68 bits per heavy atom.